The number of rotatable bonds is 4. The first-order chi connectivity index (χ1) is 7.81. The molecule has 1 aliphatic rings. The summed E-state index contributed by atoms with van der Waals surface area (Å²) < 4.78 is 0. The molecule has 88 valence electrons. The van der Waals surface area contributed by atoms with E-state index in [4.69, 9.17) is 0 Å². The molecule has 0 fully saturated rings. The predicted octanol–water partition coefficient (Wildman–Crippen LogP) is 3.35. The van der Waals surface area contributed by atoms with Gasteiger partial charge in [0.15, 0.2) is 0 Å². The molecule has 0 aromatic heterocycles. The molecule has 2 rings (SSSR count). The van der Waals surface area contributed by atoms with Crippen molar-refractivity contribution in [1.82, 2.24) is 0 Å². The summed E-state index contributed by atoms with van der Waals surface area (Å²) in [5, 5.41) is 3.46. The second-order valence-electron chi connectivity index (χ2n) is 4.78. The monoisotopic (exact) mass is 218 g/mol. The molecule has 0 radical (unpaired) electrons. The van der Waals surface area contributed by atoms with E-state index >= 15 is 0 Å². The van der Waals surface area contributed by atoms with Crippen LogP contribution in [0.2, 0.25) is 0 Å². The maximum absolute atomic E-state index is 3.46. The largest absolute Gasteiger partial charge is 0.382 e. The molecule has 1 atom stereocenters. The third-order valence-electron chi connectivity index (χ3n) is 3.26. The lowest BCUT2D eigenvalue weighted by Crippen LogP contribution is -2.36. The molecule has 1 N–H and O–H groups in total. The van der Waals surface area contributed by atoms with Gasteiger partial charge in [-0.1, -0.05) is 32.4 Å². The van der Waals surface area contributed by atoms with Crippen LogP contribution in [0, 0.1) is 5.92 Å². The SMILES string of the molecule is CCCC(C)CN1CCNc2ccccc21. The number of benzene rings is 1. The molecule has 0 bridgehead atoms. The molecule has 0 saturated heterocycles. The van der Waals surface area contributed by atoms with Gasteiger partial charge in [0.25, 0.3) is 0 Å². The van der Waals surface area contributed by atoms with Crippen LogP contribution in [0.4, 0.5) is 11.4 Å². The van der Waals surface area contributed by atoms with Crippen LogP contribution in [0.3, 0.4) is 0 Å². The molecule has 0 aliphatic carbocycles. The van der Waals surface area contributed by atoms with Gasteiger partial charge >= 0.3 is 0 Å². The van der Waals surface area contributed by atoms with Gasteiger partial charge in [-0.05, 0) is 24.5 Å². The fraction of sp³-hybridized carbons (Fsp3) is 0.571. The molecule has 1 aliphatic heterocycles. The lowest BCUT2D eigenvalue weighted by Gasteiger charge is -2.33. The molecule has 1 aromatic carbocycles. The fourth-order valence-corrected chi connectivity index (χ4v) is 2.49. The van der Waals surface area contributed by atoms with Crippen molar-refractivity contribution in [3.63, 3.8) is 0 Å². The second-order valence-corrected chi connectivity index (χ2v) is 4.78. The number of hydrogen-bond donors (Lipinski definition) is 1. The molecule has 0 amide bonds. The molecule has 1 heterocycles. The molecule has 0 saturated carbocycles. The van der Waals surface area contributed by atoms with E-state index < -0.39 is 0 Å². The van der Waals surface area contributed by atoms with Gasteiger partial charge in [-0.15, -0.1) is 0 Å². The van der Waals surface area contributed by atoms with Crippen LogP contribution in [0.15, 0.2) is 24.3 Å². The van der Waals surface area contributed by atoms with Gasteiger partial charge in [-0.2, -0.15) is 0 Å². The zero-order chi connectivity index (χ0) is 11.4. The molecule has 16 heavy (non-hydrogen) atoms. The van der Waals surface area contributed by atoms with Crippen LogP contribution in [0.1, 0.15) is 26.7 Å². The number of hydrogen-bond acceptors (Lipinski definition) is 2. The maximum atomic E-state index is 3.46. The second kappa shape index (κ2) is 5.24. The summed E-state index contributed by atoms with van der Waals surface area (Å²) >= 11 is 0. The Hall–Kier alpha value is -1.18. The van der Waals surface area contributed by atoms with Crippen LogP contribution in [0.25, 0.3) is 0 Å². The molecule has 1 aromatic rings. The number of nitrogens with zero attached hydrogens (tertiary/aromatic N) is 1. The van der Waals surface area contributed by atoms with Crippen LogP contribution in [0.5, 0.6) is 0 Å². The lowest BCUT2D eigenvalue weighted by molar-refractivity contribution is 0.512. The van der Waals surface area contributed by atoms with Gasteiger partial charge in [-0.25, -0.2) is 0 Å². The average Bonchev–Trinajstić information content (AvgIpc) is 2.30. The van der Waals surface area contributed by atoms with E-state index in [1.807, 2.05) is 0 Å². The highest BCUT2D eigenvalue weighted by Crippen LogP contribution is 2.29. The van der Waals surface area contributed by atoms with Crippen molar-refractivity contribution < 1.29 is 0 Å². The van der Waals surface area contributed by atoms with Crippen LogP contribution >= 0.6 is 0 Å². The third-order valence-corrected chi connectivity index (χ3v) is 3.26. The summed E-state index contributed by atoms with van der Waals surface area (Å²) in [6.45, 7) is 8.00. The van der Waals surface area contributed by atoms with Crippen molar-refractivity contribution in [2.75, 3.05) is 29.9 Å². The first-order valence-corrected chi connectivity index (χ1v) is 6.39. The fourth-order valence-electron chi connectivity index (χ4n) is 2.49. The molecule has 1 unspecified atom stereocenters. The quantitative estimate of drug-likeness (QED) is 0.833. The summed E-state index contributed by atoms with van der Waals surface area (Å²) in [4.78, 5) is 2.52. The van der Waals surface area contributed by atoms with Crippen LogP contribution in [-0.2, 0) is 0 Å². The Labute approximate surface area is 98.7 Å². The summed E-state index contributed by atoms with van der Waals surface area (Å²) in [6, 6.07) is 8.63. The number of nitrogens with one attached hydrogen (secondary N) is 1. The summed E-state index contributed by atoms with van der Waals surface area (Å²) in [5.41, 5.74) is 2.66. The average molecular weight is 218 g/mol. The van der Waals surface area contributed by atoms with Gasteiger partial charge < -0.3 is 10.2 Å². The van der Waals surface area contributed by atoms with Gasteiger partial charge in [0.2, 0.25) is 0 Å². The molecule has 2 nitrogen and oxygen atoms in total. The molecule has 0 spiro atoms. The predicted molar refractivity (Wildman–Crippen MR) is 71.2 cm³/mol. The van der Waals surface area contributed by atoms with Gasteiger partial charge in [0.05, 0.1) is 11.4 Å². The van der Waals surface area contributed by atoms with E-state index in [0.717, 1.165) is 19.0 Å². The van der Waals surface area contributed by atoms with Crippen molar-refractivity contribution in [2.24, 2.45) is 5.92 Å². The van der Waals surface area contributed by atoms with E-state index in [1.54, 1.807) is 0 Å². The minimum atomic E-state index is 0.788. The van der Waals surface area contributed by atoms with Crippen molar-refractivity contribution >= 4 is 11.4 Å². The Morgan fingerprint density at radius 2 is 2.19 bits per heavy atom. The standard InChI is InChI=1S/C14H22N2/c1-3-6-12(2)11-16-10-9-15-13-7-4-5-8-14(13)16/h4-5,7-8,12,15H,3,6,9-11H2,1-2H3. The minimum absolute atomic E-state index is 0.788. The Kier molecular flexibility index (Phi) is 3.70. The van der Waals surface area contributed by atoms with E-state index in [0.29, 0.717) is 0 Å². The first kappa shape index (κ1) is 11.3. The minimum Gasteiger partial charge on any atom is -0.382 e. The molecule has 2 heteroatoms. The summed E-state index contributed by atoms with van der Waals surface area (Å²) in [5.74, 6) is 0.788. The Morgan fingerprint density at radius 1 is 1.38 bits per heavy atom. The van der Waals surface area contributed by atoms with Gasteiger partial charge in [0.1, 0.15) is 0 Å². The van der Waals surface area contributed by atoms with Crippen LogP contribution in [-0.4, -0.2) is 19.6 Å². The number of anilines is 2. The Balaban J connectivity index is 2.07. The number of fused-ring (bicyclic) bond motifs is 1. The first-order valence-electron chi connectivity index (χ1n) is 6.39. The van der Waals surface area contributed by atoms with Crippen LogP contribution < -0.4 is 10.2 Å². The maximum Gasteiger partial charge on any atom is 0.0602 e. The summed E-state index contributed by atoms with van der Waals surface area (Å²) in [6.07, 6.45) is 2.61. The number of para-hydroxylation sites is 2. The van der Waals surface area contributed by atoms with E-state index in [9.17, 15) is 0 Å². The van der Waals surface area contributed by atoms with Crippen molar-refractivity contribution in [3.8, 4) is 0 Å². The third kappa shape index (κ3) is 2.49. The van der Waals surface area contributed by atoms with E-state index in [1.165, 1.54) is 30.8 Å². The molecular weight excluding hydrogens is 196 g/mol. The van der Waals surface area contributed by atoms with Crippen molar-refractivity contribution in [3.05, 3.63) is 24.3 Å². The normalized spacial score (nSPS) is 16.5. The van der Waals surface area contributed by atoms with E-state index in [2.05, 4.69) is 48.3 Å². The highest BCUT2D eigenvalue weighted by molar-refractivity contribution is 5.71. The van der Waals surface area contributed by atoms with Gasteiger partial charge in [-0.3, -0.25) is 0 Å². The zero-order valence-corrected chi connectivity index (χ0v) is 10.4. The zero-order valence-electron chi connectivity index (χ0n) is 10.4. The lowest BCUT2D eigenvalue weighted by atomic mass is 10.0. The topological polar surface area (TPSA) is 15.3 Å². The Bertz CT molecular complexity index is 335. The molecular formula is C14H22N2. The van der Waals surface area contributed by atoms with E-state index in [-0.39, 0.29) is 0 Å². The van der Waals surface area contributed by atoms with Gasteiger partial charge in [0, 0.05) is 19.6 Å². The highest BCUT2D eigenvalue weighted by Gasteiger charge is 2.17. The highest BCUT2D eigenvalue weighted by atomic mass is 15.2. The van der Waals surface area contributed by atoms with Crippen molar-refractivity contribution in [2.45, 2.75) is 26.7 Å². The Morgan fingerprint density at radius 3 is 3.00 bits per heavy atom. The smallest absolute Gasteiger partial charge is 0.0602 e. The summed E-state index contributed by atoms with van der Waals surface area (Å²) in [7, 11) is 0. The van der Waals surface area contributed by atoms with Crippen molar-refractivity contribution in [1.29, 1.82) is 0 Å².